The molecule has 0 saturated carbocycles. The van der Waals surface area contributed by atoms with Crippen molar-refractivity contribution in [1.82, 2.24) is 0 Å². The van der Waals surface area contributed by atoms with E-state index in [0.717, 1.165) is 19.6 Å². The van der Waals surface area contributed by atoms with E-state index in [2.05, 4.69) is 65.3 Å². The van der Waals surface area contributed by atoms with Crippen LogP contribution in [0.5, 0.6) is 5.75 Å². The summed E-state index contributed by atoms with van der Waals surface area (Å²) in [5, 5.41) is 2.14. The van der Waals surface area contributed by atoms with E-state index in [1.807, 2.05) is 19.1 Å². The molecule has 0 spiro atoms. The predicted molar refractivity (Wildman–Crippen MR) is 88.1 cm³/mol. The van der Waals surface area contributed by atoms with Gasteiger partial charge in [0, 0.05) is 10.0 Å². The summed E-state index contributed by atoms with van der Waals surface area (Å²) in [7, 11) is 0. The molecule has 18 heavy (non-hydrogen) atoms. The van der Waals surface area contributed by atoms with Crippen LogP contribution in [-0.2, 0) is 0 Å². The highest BCUT2D eigenvalue weighted by atomic mass is 79.9. The molecule has 96 valence electrons. The van der Waals surface area contributed by atoms with E-state index in [9.17, 15) is 0 Å². The third-order valence-corrected chi connectivity index (χ3v) is 5.46. The minimum atomic E-state index is 0.138. The molecule has 0 aliphatic carbocycles. The molecule has 0 amide bonds. The van der Waals surface area contributed by atoms with Gasteiger partial charge in [0.25, 0.3) is 0 Å². The van der Waals surface area contributed by atoms with Gasteiger partial charge >= 0.3 is 0 Å². The fourth-order valence-electron chi connectivity index (χ4n) is 1.64. The summed E-state index contributed by atoms with van der Waals surface area (Å²) in [6, 6.07) is 8.22. The molecule has 0 N–H and O–H groups in total. The van der Waals surface area contributed by atoms with Crippen molar-refractivity contribution in [1.29, 1.82) is 0 Å². The molecule has 2 aromatic rings. The highest BCUT2D eigenvalue weighted by Gasteiger charge is 2.17. The molecule has 1 heterocycles. The summed E-state index contributed by atoms with van der Waals surface area (Å²) in [5.74, 6) is 0.921. The lowest BCUT2D eigenvalue weighted by Gasteiger charge is -2.15. The third kappa shape index (κ3) is 3.38. The largest absolute Gasteiger partial charge is 0.494 e. The summed E-state index contributed by atoms with van der Waals surface area (Å²) < 4.78 is 7.87. The van der Waals surface area contributed by atoms with Gasteiger partial charge in [0.1, 0.15) is 5.75 Å². The van der Waals surface area contributed by atoms with Crippen LogP contribution in [0.4, 0.5) is 0 Å². The average Bonchev–Trinajstić information content (AvgIpc) is 2.77. The molecule has 0 radical (unpaired) electrons. The molecule has 1 atom stereocenters. The number of rotatable bonds is 4. The fourth-order valence-corrected chi connectivity index (χ4v) is 4.02. The van der Waals surface area contributed by atoms with Gasteiger partial charge in [0.15, 0.2) is 0 Å². The van der Waals surface area contributed by atoms with Crippen LogP contribution in [0.25, 0.3) is 0 Å². The van der Waals surface area contributed by atoms with Crippen molar-refractivity contribution >= 4 is 59.1 Å². The number of benzene rings is 1. The first-order valence-corrected chi connectivity index (χ1v) is 8.80. The molecule has 5 heteroatoms. The van der Waals surface area contributed by atoms with Gasteiger partial charge in [-0.05, 0) is 58.1 Å². The Hall–Kier alpha value is 0.160. The molecule has 2 rings (SSSR count). The van der Waals surface area contributed by atoms with Crippen molar-refractivity contribution in [3.63, 3.8) is 0 Å². The Balaban J connectivity index is 2.39. The molecule has 0 saturated heterocycles. The summed E-state index contributed by atoms with van der Waals surface area (Å²) in [5.41, 5.74) is 2.36. The van der Waals surface area contributed by atoms with Crippen LogP contribution in [-0.4, -0.2) is 6.61 Å². The third-order valence-electron chi connectivity index (χ3n) is 2.43. The van der Waals surface area contributed by atoms with Gasteiger partial charge in [0.2, 0.25) is 0 Å². The maximum atomic E-state index is 5.68. The minimum absolute atomic E-state index is 0.138. The van der Waals surface area contributed by atoms with Crippen molar-refractivity contribution in [3.05, 3.63) is 49.0 Å². The van der Waals surface area contributed by atoms with Crippen LogP contribution in [0.3, 0.4) is 0 Å². The smallest absolute Gasteiger partial charge is 0.124 e. The lowest BCUT2D eigenvalue weighted by Crippen LogP contribution is -1.99. The van der Waals surface area contributed by atoms with Gasteiger partial charge in [-0.25, -0.2) is 0 Å². The second kappa shape index (κ2) is 6.55. The van der Waals surface area contributed by atoms with Gasteiger partial charge in [-0.3, -0.25) is 0 Å². The average molecular weight is 455 g/mol. The summed E-state index contributed by atoms with van der Waals surface area (Å²) in [6.45, 7) is 2.66. The van der Waals surface area contributed by atoms with E-state index in [-0.39, 0.29) is 4.83 Å². The number of hydrogen-bond donors (Lipinski definition) is 0. The topological polar surface area (TPSA) is 9.23 Å². The number of alkyl halides is 1. The Morgan fingerprint density at radius 1 is 1.28 bits per heavy atom. The molecule has 0 bridgehead atoms. The molecule has 0 fully saturated rings. The van der Waals surface area contributed by atoms with Crippen molar-refractivity contribution in [3.8, 4) is 5.75 Å². The van der Waals surface area contributed by atoms with Gasteiger partial charge in [-0.2, -0.15) is 0 Å². The zero-order chi connectivity index (χ0) is 13.1. The van der Waals surface area contributed by atoms with E-state index >= 15 is 0 Å². The highest BCUT2D eigenvalue weighted by Crippen LogP contribution is 2.40. The lowest BCUT2D eigenvalue weighted by atomic mass is 10.1. The van der Waals surface area contributed by atoms with Crippen molar-refractivity contribution in [2.75, 3.05) is 6.61 Å². The molecule has 1 unspecified atom stereocenters. The van der Waals surface area contributed by atoms with E-state index < -0.39 is 0 Å². The van der Waals surface area contributed by atoms with Crippen LogP contribution in [0.2, 0.25) is 0 Å². The molecular formula is C13H11Br3OS. The maximum Gasteiger partial charge on any atom is 0.124 e. The van der Waals surface area contributed by atoms with Crippen LogP contribution in [0.15, 0.2) is 37.9 Å². The Morgan fingerprint density at radius 2 is 2.06 bits per heavy atom. The first kappa shape index (κ1) is 14.6. The van der Waals surface area contributed by atoms with E-state index in [1.54, 1.807) is 11.3 Å². The summed E-state index contributed by atoms with van der Waals surface area (Å²) >= 11 is 12.4. The molecule has 1 aromatic carbocycles. The summed E-state index contributed by atoms with van der Waals surface area (Å²) in [6.07, 6.45) is 0. The van der Waals surface area contributed by atoms with Crippen molar-refractivity contribution in [2.45, 2.75) is 11.8 Å². The fraction of sp³-hybridized carbons (Fsp3) is 0.231. The van der Waals surface area contributed by atoms with Crippen LogP contribution in [0.1, 0.15) is 22.9 Å². The van der Waals surface area contributed by atoms with Crippen LogP contribution >= 0.6 is 59.1 Å². The van der Waals surface area contributed by atoms with Crippen LogP contribution in [0, 0.1) is 0 Å². The quantitative estimate of drug-likeness (QED) is 0.503. The zero-order valence-corrected chi connectivity index (χ0v) is 15.2. The Labute approximate surface area is 136 Å². The zero-order valence-electron chi connectivity index (χ0n) is 9.62. The van der Waals surface area contributed by atoms with Crippen molar-refractivity contribution in [2.24, 2.45) is 0 Å². The van der Waals surface area contributed by atoms with Gasteiger partial charge in [-0.15, -0.1) is 11.3 Å². The van der Waals surface area contributed by atoms with E-state index in [4.69, 9.17) is 4.74 Å². The minimum Gasteiger partial charge on any atom is -0.494 e. The normalized spacial score (nSPS) is 12.4. The van der Waals surface area contributed by atoms with Gasteiger partial charge < -0.3 is 4.74 Å². The maximum absolute atomic E-state index is 5.68. The number of halogens is 3. The van der Waals surface area contributed by atoms with Gasteiger partial charge in [0.05, 0.1) is 15.2 Å². The number of hydrogen-bond acceptors (Lipinski definition) is 2. The summed E-state index contributed by atoms with van der Waals surface area (Å²) in [4.78, 5) is 0.138. The first-order valence-electron chi connectivity index (χ1n) is 5.42. The number of thiophene rings is 1. The predicted octanol–water partition coefficient (Wildman–Crippen LogP) is 6.16. The standard InChI is InChI=1S/C13H11Br3OS/c1-2-17-11-4-3-9(14)6-10(11)13(16)8-5-12(15)18-7-8/h3-7,13H,2H2,1H3. The lowest BCUT2D eigenvalue weighted by molar-refractivity contribution is 0.337. The Bertz CT molecular complexity index is 539. The SMILES string of the molecule is CCOc1ccc(Br)cc1C(Br)c1csc(Br)c1. The monoisotopic (exact) mass is 452 g/mol. The molecule has 0 aliphatic heterocycles. The van der Waals surface area contributed by atoms with Crippen molar-refractivity contribution < 1.29 is 4.74 Å². The Kier molecular flexibility index (Phi) is 5.30. The highest BCUT2D eigenvalue weighted by molar-refractivity contribution is 9.11. The van der Waals surface area contributed by atoms with Gasteiger partial charge in [-0.1, -0.05) is 31.9 Å². The molecular weight excluding hydrogens is 444 g/mol. The first-order chi connectivity index (χ1) is 8.61. The molecule has 1 nitrogen and oxygen atoms in total. The molecule has 1 aromatic heterocycles. The van der Waals surface area contributed by atoms with Crippen LogP contribution < -0.4 is 4.74 Å². The Morgan fingerprint density at radius 3 is 2.67 bits per heavy atom. The second-order valence-corrected chi connectivity index (χ2v) is 7.78. The van der Waals surface area contributed by atoms with E-state index in [1.165, 1.54) is 5.56 Å². The molecule has 0 aliphatic rings. The number of ether oxygens (including phenoxy) is 1. The second-order valence-electron chi connectivity index (χ2n) is 3.66. The van der Waals surface area contributed by atoms with E-state index in [0.29, 0.717) is 6.61 Å².